The maximum absolute atomic E-state index is 12.0. The second-order valence-electron chi connectivity index (χ2n) is 4.82. The molecule has 6 heteroatoms. The van der Waals surface area contributed by atoms with Gasteiger partial charge in [-0.05, 0) is 36.2 Å². The van der Waals surface area contributed by atoms with Crippen LogP contribution in [-0.4, -0.2) is 25.6 Å². The monoisotopic (exact) mass is 304 g/mol. The lowest BCUT2D eigenvalue weighted by Crippen LogP contribution is -2.17. The number of aromatic nitrogens is 1. The molecule has 0 aliphatic rings. The van der Waals surface area contributed by atoms with Gasteiger partial charge in [0.25, 0.3) is 0 Å². The van der Waals surface area contributed by atoms with Crippen LogP contribution in [0.4, 0.5) is 5.82 Å². The smallest absolute Gasteiger partial charge is 0.229 e. The first kappa shape index (κ1) is 15.2. The van der Waals surface area contributed by atoms with Crippen LogP contribution in [0, 0.1) is 6.92 Å². The van der Waals surface area contributed by atoms with Crippen LogP contribution >= 0.6 is 0 Å². The summed E-state index contributed by atoms with van der Waals surface area (Å²) in [7, 11) is -3.35. The Kier molecular flexibility index (Phi) is 4.37. The minimum atomic E-state index is -3.35. The maximum atomic E-state index is 12.0. The molecule has 0 radical (unpaired) electrons. The molecule has 0 saturated heterocycles. The topological polar surface area (TPSA) is 76.1 Å². The summed E-state index contributed by atoms with van der Waals surface area (Å²) < 4.78 is 23.4. The summed E-state index contributed by atoms with van der Waals surface area (Å²) in [5.41, 5.74) is 1.46. The largest absolute Gasteiger partial charge is 0.310 e. The van der Waals surface area contributed by atoms with Crippen molar-refractivity contribution in [1.82, 2.24) is 4.98 Å². The van der Waals surface area contributed by atoms with Crippen molar-refractivity contribution in [3.05, 3.63) is 53.7 Å². The summed E-state index contributed by atoms with van der Waals surface area (Å²) in [5, 5.41) is 2.67. The molecule has 0 aliphatic carbocycles. The molecule has 0 bridgehead atoms. The Morgan fingerprint density at radius 1 is 1.24 bits per heavy atom. The number of carbonyl (C=O) groups is 1. The van der Waals surface area contributed by atoms with Gasteiger partial charge in [-0.25, -0.2) is 13.4 Å². The molecule has 0 fully saturated rings. The maximum Gasteiger partial charge on any atom is 0.229 e. The molecule has 0 aliphatic heterocycles. The molecule has 1 heterocycles. The van der Waals surface area contributed by atoms with Gasteiger partial charge in [-0.3, -0.25) is 4.79 Å². The minimum absolute atomic E-state index is 0.0150. The Hall–Kier alpha value is -2.21. The summed E-state index contributed by atoms with van der Waals surface area (Å²) in [4.78, 5) is 16.2. The summed E-state index contributed by atoms with van der Waals surface area (Å²) in [6, 6.07) is 10.1. The van der Waals surface area contributed by atoms with Gasteiger partial charge in [0.05, 0.1) is 11.3 Å². The molecule has 0 atom stereocenters. The Morgan fingerprint density at radius 3 is 2.62 bits per heavy atom. The number of rotatable bonds is 4. The zero-order chi connectivity index (χ0) is 15.5. The van der Waals surface area contributed by atoms with Gasteiger partial charge >= 0.3 is 0 Å². The van der Waals surface area contributed by atoms with E-state index in [1.807, 2.05) is 13.0 Å². The molecule has 0 unspecified atom stereocenters. The number of nitrogens with one attached hydrogen (secondary N) is 1. The molecule has 5 nitrogen and oxygen atoms in total. The predicted molar refractivity (Wildman–Crippen MR) is 80.9 cm³/mol. The highest BCUT2D eigenvalue weighted by Crippen LogP contribution is 2.16. The van der Waals surface area contributed by atoms with Crippen LogP contribution in [0.1, 0.15) is 11.1 Å². The molecule has 1 aromatic carbocycles. The first-order valence-electron chi connectivity index (χ1n) is 6.37. The van der Waals surface area contributed by atoms with Crippen LogP contribution in [0.3, 0.4) is 0 Å². The minimum Gasteiger partial charge on any atom is -0.310 e. The highest BCUT2D eigenvalue weighted by Gasteiger charge is 2.15. The van der Waals surface area contributed by atoms with Gasteiger partial charge < -0.3 is 5.32 Å². The van der Waals surface area contributed by atoms with Crippen LogP contribution in [0.5, 0.6) is 0 Å². The van der Waals surface area contributed by atoms with Crippen LogP contribution in [0.25, 0.3) is 0 Å². The zero-order valence-electron chi connectivity index (χ0n) is 11.8. The van der Waals surface area contributed by atoms with E-state index in [2.05, 4.69) is 10.3 Å². The van der Waals surface area contributed by atoms with E-state index in [0.29, 0.717) is 11.4 Å². The van der Waals surface area contributed by atoms with Crippen LogP contribution in [-0.2, 0) is 21.1 Å². The van der Waals surface area contributed by atoms with E-state index in [-0.39, 0.29) is 17.2 Å². The van der Waals surface area contributed by atoms with Gasteiger partial charge in [0.2, 0.25) is 5.91 Å². The molecule has 1 aromatic heterocycles. The van der Waals surface area contributed by atoms with Gasteiger partial charge in [0.1, 0.15) is 5.82 Å². The molecule has 2 rings (SSSR count). The van der Waals surface area contributed by atoms with E-state index in [9.17, 15) is 13.2 Å². The average molecular weight is 304 g/mol. The predicted octanol–water partition coefficient (Wildman–Crippen LogP) is 1.97. The lowest BCUT2D eigenvalue weighted by atomic mass is 10.1. The van der Waals surface area contributed by atoms with E-state index < -0.39 is 9.84 Å². The third kappa shape index (κ3) is 4.13. The molecule has 1 N–H and O–H groups in total. The summed E-state index contributed by atoms with van der Waals surface area (Å²) in [6.45, 7) is 1.90. The quantitative estimate of drug-likeness (QED) is 0.937. The van der Waals surface area contributed by atoms with Gasteiger partial charge in [-0.2, -0.15) is 0 Å². The van der Waals surface area contributed by atoms with Crippen molar-refractivity contribution < 1.29 is 13.2 Å². The van der Waals surface area contributed by atoms with Crippen LogP contribution in [0.2, 0.25) is 0 Å². The van der Waals surface area contributed by atoms with Crippen molar-refractivity contribution in [3.8, 4) is 0 Å². The molecule has 2 aromatic rings. The zero-order valence-corrected chi connectivity index (χ0v) is 12.6. The lowest BCUT2D eigenvalue weighted by molar-refractivity contribution is -0.115. The van der Waals surface area contributed by atoms with Crippen molar-refractivity contribution in [2.45, 2.75) is 18.2 Å². The normalized spacial score (nSPS) is 11.1. The number of sulfone groups is 1. The molecular formula is C15H16N2O3S. The number of anilines is 1. The number of benzene rings is 1. The number of carbonyl (C=O) groups excluding carboxylic acids is 1. The number of nitrogens with zero attached hydrogens (tertiary/aromatic N) is 1. The molecule has 1 amide bonds. The Balaban J connectivity index is 2.17. The summed E-state index contributed by atoms with van der Waals surface area (Å²) in [6.07, 6.45) is 2.72. The standard InChI is InChI=1S/C15H16N2O3S/c1-11-7-8-16-14(9-11)17-15(18)10-12-5-3-4-6-13(12)21(2,19)20/h3-9H,10H2,1-2H3,(H,16,17,18). The van der Waals surface area contributed by atoms with Gasteiger partial charge in [-0.1, -0.05) is 18.2 Å². The lowest BCUT2D eigenvalue weighted by Gasteiger charge is -2.08. The Labute approximate surface area is 124 Å². The molecule has 110 valence electrons. The van der Waals surface area contributed by atoms with E-state index >= 15 is 0 Å². The SMILES string of the molecule is Cc1ccnc(NC(=O)Cc2ccccc2S(C)(=O)=O)c1. The van der Waals surface area contributed by atoms with Crippen molar-refractivity contribution in [2.24, 2.45) is 0 Å². The Morgan fingerprint density at radius 2 is 1.95 bits per heavy atom. The molecular weight excluding hydrogens is 288 g/mol. The number of pyridine rings is 1. The first-order valence-corrected chi connectivity index (χ1v) is 8.26. The fourth-order valence-electron chi connectivity index (χ4n) is 1.98. The fraction of sp³-hybridized carbons (Fsp3) is 0.200. The second-order valence-corrected chi connectivity index (χ2v) is 6.81. The number of hydrogen-bond acceptors (Lipinski definition) is 4. The van der Waals surface area contributed by atoms with E-state index in [0.717, 1.165) is 11.8 Å². The number of amides is 1. The van der Waals surface area contributed by atoms with Crippen LogP contribution < -0.4 is 5.32 Å². The highest BCUT2D eigenvalue weighted by molar-refractivity contribution is 7.90. The van der Waals surface area contributed by atoms with E-state index in [4.69, 9.17) is 0 Å². The third-order valence-electron chi connectivity index (χ3n) is 2.91. The summed E-state index contributed by atoms with van der Waals surface area (Å²) in [5.74, 6) is 0.154. The van der Waals surface area contributed by atoms with Gasteiger partial charge in [-0.15, -0.1) is 0 Å². The first-order chi connectivity index (χ1) is 9.86. The number of aryl methyl sites for hydroxylation is 1. The molecule has 21 heavy (non-hydrogen) atoms. The van der Waals surface area contributed by atoms with Crippen molar-refractivity contribution >= 4 is 21.6 Å². The van der Waals surface area contributed by atoms with Crippen molar-refractivity contribution in [2.75, 3.05) is 11.6 Å². The molecule has 0 spiro atoms. The second kappa shape index (κ2) is 6.05. The number of hydrogen-bond donors (Lipinski definition) is 1. The van der Waals surface area contributed by atoms with E-state index in [1.54, 1.807) is 30.5 Å². The third-order valence-corrected chi connectivity index (χ3v) is 4.10. The molecule has 0 saturated carbocycles. The Bertz CT molecular complexity index is 770. The van der Waals surface area contributed by atoms with Crippen molar-refractivity contribution in [3.63, 3.8) is 0 Å². The fourth-order valence-corrected chi connectivity index (χ4v) is 2.92. The van der Waals surface area contributed by atoms with E-state index in [1.165, 1.54) is 6.07 Å². The van der Waals surface area contributed by atoms with Gasteiger partial charge in [0, 0.05) is 12.5 Å². The van der Waals surface area contributed by atoms with Crippen LogP contribution in [0.15, 0.2) is 47.5 Å². The summed E-state index contributed by atoms with van der Waals surface area (Å²) >= 11 is 0. The highest BCUT2D eigenvalue weighted by atomic mass is 32.2. The van der Waals surface area contributed by atoms with Crippen molar-refractivity contribution in [1.29, 1.82) is 0 Å². The van der Waals surface area contributed by atoms with Gasteiger partial charge in [0.15, 0.2) is 9.84 Å². The average Bonchev–Trinajstić information content (AvgIpc) is 2.37.